The summed E-state index contributed by atoms with van der Waals surface area (Å²) in [5.41, 5.74) is 2.02. The van der Waals surface area contributed by atoms with Gasteiger partial charge >= 0.3 is 0 Å². The number of amides is 2. The summed E-state index contributed by atoms with van der Waals surface area (Å²) in [5, 5.41) is 2.92. The average molecular weight is 424 g/mol. The van der Waals surface area contributed by atoms with Gasteiger partial charge in [-0.15, -0.1) is 0 Å². The molecule has 0 bridgehead atoms. The van der Waals surface area contributed by atoms with Gasteiger partial charge < -0.3 is 19.9 Å². The van der Waals surface area contributed by atoms with Crippen LogP contribution in [0.3, 0.4) is 0 Å². The van der Waals surface area contributed by atoms with Gasteiger partial charge in [0.2, 0.25) is 5.91 Å². The van der Waals surface area contributed by atoms with Gasteiger partial charge in [0, 0.05) is 36.8 Å². The second-order valence-corrected chi connectivity index (χ2v) is 8.74. The third-order valence-electron chi connectivity index (χ3n) is 6.00. The number of anilines is 2. The number of nitrogens with zero attached hydrogens (tertiary/aromatic N) is 2. The van der Waals surface area contributed by atoms with Crippen molar-refractivity contribution in [3.8, 4) is 5.75 Å². The van der Waals surface area contributed by atoms with Crippen LogP contribution in [-0.2, 0) is 4.79 Å². The lowest BCUT2D eigenvalue weighted by molar-refractivity contribution is -0.119. The van der Waals surface area contributed by atoms with Crippen molar-refractivity contribution >= 4 is 23.2 Å². The molecule has 1 aliphatic rings. The molecule has 0 aliphatic carbocycles. The highest BCUT2D eigenvalue weighted by molar-refractivity contribution is 5.97. The van der Waals surface area contributed by atoms with Crippen LogP contribution < -0.4 is 15.0 Å². The number of hydrogen-bond acceptors (Lipinski definition) is 4. The summed E-state index contributed by atoms with van der Waals surface area (Å²) in [6, 6.07) is 15.2. The molecule has 2 aromatic rings. The first-order valence-corrected chi connectivity index (χ1v) is 10.9. The van der Waals surface area contributed by atoms with E-state index in [2.05, 4.69) is 30.1 Å². The van der Waals surface area contributed by atoms with Gasteiger partial charge in [-0.2, -0.15) is 0 Å². The van der Waals surface area contributed by atoms with E-state index in [4.69, 9.17) is 4.74 Å². The van der Waals surface area contributed by atoms with Crippen LogP contribution in [0.25, 0.3) is 0 Å². The van der Waals surface area contributed by atoms with Crippen molar-refractivity contribution in [2.45, 2.75) is 39.7 Å². The van der Waals surface area contributed by atoms with E-state index in [0.717, 1.165) is 17.9 Å². The Balaban J connectivity index is 1.74. The van der Waals surface area contributed by atoms with Crippen LogP contribution in [0, 0.1) is 5.92 Å². The first kappa shape index (κ1) is 22.7. The fraction of sp³-hybridized carbons (Fsp3) is 0.440. The van der Waals surface area contributed by atoms with E-state index in [-0.39, 0.29) is 23.3 Å². The summed E-state index contributed by atoms with van der Waals surface area (Å²) in [6.45, 7) is 10.1. The first-order valence-electron chi connectivity index (χ1n) is 10.9. The van der Waals surface area contributed by atoms with E-state index < -0.39 is 0 Å². The summed E-state index contributed by atoms with van der Waals surface area (Å²) < 4.78 is 5.55. The summed E-state index contributed by atoms with van der Waals surface area (Å²) >= 11 is 0. The quantitative estimate of drug-likeness (QED) is 0.747. The van der Waals surface area contributed by atoms with Crippen LogP contribution >= 0.6 is 0 Å². The summed E-state index contributed by atoms with van der Waals surface area (Å²) in [5.74, 6) is 0.717. The Morgan fingerprint density at radius 3 is 2.55 bits per heavy atom. The lowest BCUT2D eigenvalue weighted by Gasteiger charge is -2.48. The normalized spacial score (nSPS) is 16.5. The highest BCUT2D eigenvalue weighted by atomic mass is 16.5. The van der Waals surface area contributed by atoms with Crippen molar-refractivity contribution in [2.75, 3.05) is 37.0 Å². The Morgan fingerprint density at radius 2 is 1.87 bits per heavy atom. The van der Waals surface area contributed by atoms with E-state index in [1.165, 1.54) is 0 Å². The minimum atomic E-state index is -0.259. The predicted molar refractivity (Wildman–Crippen MR) is 125 cm³/mol. The fourth-order valence-electron chi connectivity index (χ4n) is 3.99. The van der Waals surface area contributed by atoms with Gasteiger partial charge in [0.15, 0.2) is 0 Å². The molecular formula is C25H33N3O3. The van der Waals surface area contributed by atoms with E-state index >= 15 is 0 Å². The predicted octanol–water partition coefficient (Wildman–Crippen LogP) is 4.42. The van der Waals surface area contributed by atoms with Crippen LogP contribution in [0.5, 0.6) is 5.75 Å². The molecular weight excluding hydrogens is 390 g/mol. The first-order chi connectivity index (χ1) is 14.8. The topological polar surface area (TPSA) is 61.9 Å². The lowest BCUT2D eigenvalue weighted by atomic mass is 9.96. The van der Waals surface area contributed by atoms with Gasteiger partial charge in [0.05, 0.1) is 18.3 Å². The maximum absolute atomic E-state index is 13.3. The molecule has 0 aromatic heterocycles. The molecule has 3 rings (SSSR count). The van der Waals surface area contributed by atoms with Gasteiger partial charge in [-0.25, -0.2) is 0 Å². The van der Waals surface area contributed by atoms with Gasteiger partial charge in [-0.05, 0) is 50.6 Å². The van der Waals surface area contributed by atoms with Crippen molar-refractivity contribution in [3.05, 3.63) is 54.1 Å². The number of hydrogen-bond donors (Lipinski definition) is 1. The Bertz CT molecular complexity index is 941. The van der Waals surface area contributed by atoms with Crippen LogP contribution in [-0.4, -0.2) is 49.0 Å². The van der Waals surface area contributed by atoms with Gasteiger partial charge in [-0.3, -0.25) is 9.59 Å². The van der Waals surface area contributed by atoms with Crippen LogP contribution in [0.15, 0.2) is 48.5 Å². The average Bonchev–Trinajstić information content (AvgIpc) is 2.77. The summed E-state index contributed by atoms with van der Waals surface area (Å²) in [4.78, 5) is 29.7. The third kappa shape index (κ3) is 5.01. The number of benzene rings is 2. The SMILES string of the molecule is CCC(C)C(=O)Nc1cccc(C(=O)N2CCN(c3ccccc3OC)C(C)(C)C2)c1. The number of rotatable bonds is 6. The molecule has 1 saturated heterocycles. The van der Waals surface area contributed by atoms with Crippen LogP contribution in [0.2, 0.25) is 0 Å². The molecule has 6 nitrogen and oxygen atoms in total. The maximum Gasteiger partial charge on any atom is 0.254 e. The summed E-state index contributed by atoms with van der Waals surface area (Å²) in [7, 11) is 1.68. The number of methoxy groups -OCH3 is 1. The van der Waals surface area contributed by atoms with E-state index in [0.29, 0.717) is 30.9 Å². The second-order valence-electron chi connectivity index (χ2n) is 8.74. The molecule has 1 unspecified atom stereocenters. The second kappa shape index (κ2) is 9.41. The summed E-state index contributed by atoms with van der Waals surface area (Å²) in [6.07, 6.45) is 0.774. The minimum absolute atomic E-state index is 0.0209. The van der Waals surface area contributed by atoms with E-state index in [1.54, 1.807) is 19.2 Å². The van der Waals surface area contributed by atoms with E-state index in [1.807, 2.05) is 49.1 Å². The standard InChI is InChI=1S/C25H33N3O3/c1-6-18(2)23(29)26-20-11-9-10-19(16-20)24(30)27-14-15-28(25(3,4)17-27)21-12-7-8-13-22(21)31-5/h7-13,16,18H,6,14-15,17H2,1-5H3,(H,26,29). The molecule has 1 fully saturated rings. The lowest BCUT2D eigenvalue weighted by Crippen LogP contribution is -2.60. The Morgan fingerprint density at radius 1 is 1.13 bits per heavy atom. The molecule has 0 spiro atoms. The molecule has 1 atom stereocenters. The number of carbonyl (C=O) groups excluding carboxylic acids is 2. The number of nitrogens with one attached hydrogen (secondary N) is 1. The monoisotopic (exact) mass is 423 g/mol. The zero-order valence-electron chi connectivity index (χ0n) is 19.1. The third-order valence-corrected chi connectivity index (χ3v) is 6.00. The molecule has 2 amide bonds. The minimum Gasteiger partial charge on any atom is -0.495 e. The number of carbonyl (C=O) groups is 2. The molecule has 1 N–H and O–H groups in total. The Kier molecular flexibility index (Phi) is 6.88. The number of para-hydroxylation sites is 2. The zero-order valence-corrected chi connectivity index (χ0v) is 19.1. The van der Waals surface area contributed by atoms with Crippen molar-refractivity contribution < 1.29 is 14.3 Å². The van der Waals surface area contributed by atoms with Gasteiger partial charge in [0.1, 0.15) is 5.75 Å². The molecule has 166 valence electrons. The van der Waals surface area contributed by atoms with Crippen LogP contribution in [0.1, 0.15) is 44.5 Å². The molecule has 6 heteroatoms. The Labute approximate surface area is 185 Å². The highest BCUT2D eigenvalue weighted by Gasteiger charge is 2.37. The molecule has 1 heterocycles. The zero-order chi connectivity index (χ0) is 22.6. The molecule has 0 saturated carbocycles. The molecule has 31 heavy (non-hydrogen) atoms. The Hall–Kier alpha value is -3.02. The smallest absolute Gasteiger partial charge is 0.254 e. The highest BCUT2D eigenvalue weighted by Crippen LogP contribution is 2.35. The van der Waals surface area contributed by atoms with E-state index in [9.17, 15) is 9.59 Å². The maximum atomic E-state index is 13.3. The van der Waals surface area contributed by atoms with Crippen molar-refractivity contribution in [3.63, 3.8) is 0 Å². The fourth-order valence-corrected chi connectivity index (χ4v) is 3.99. The van der Waals surface area contributed by atoms with Crippen molar-refractivity contribution in [2.24, 2.45) is 5.92 Å². The molecule has 1 aliphatic heterocycles. The number of ether oxygens (including phenoxy) is 1. The van der Waals surface area contributed by atoms with Gasteiger partial charge in [0.25, 0.3) is 5.91 Å². The molecule has 0 radical (unpaired) electrons. The number of piperazine rings is 1. The molecule has 2 aromatic carbocycles. The van der Waals surface area contributed by atoms with Crippen molar-refractivity contribution in [1.82, 2.24) is 4.90 Å². The largest absolute Gasteiger partial charge is 0.495 e. The van der Waals surface area contributed by atoms with Gasteiger partial charge in [-0.1, -0.05) is 32.0 Å². The van der Waals surface area contributed by atoms with Crippen molar-refractivity contribution in [1.29, 1.82) is 0 Å². The van der Waals surface area contributed by atoms with Crippen LogP contribution in [0.4, 0.5) is 11.4 Å².